The predicted molar refractivity (Wildman–Crippen MR) is 66.1 cm³/mol. The summed E-state index contributed by atoms with van der Waals surface area (Å²) < 4.78 is 33.4. The molecule has 1 aromatic carbocycles. The van der Waals surface area contributed by atoms with E-state index in [9.17, 15) is 24.1 Å². The molecule has 0 bridgehead atoms. The SMILES string of the molecule is OC[C@@H]1[C@@H](O)[C@H](O)[C@@H](O)[C@@H](Oc2ccc(O)cc2)C1(F)F. The minimum atomic E-state index is -3.76. The average molecular weight is 306 g/mol. The number of ether oxygens (including phenoxy) is 1. The van der Waals surface area contributed by atoms with Crippen molar-refractivity contribution in [3.63, 3.8) is 0 Å². The molecule has 1 fully saturated rings. The summed E-state index contributed by atoms with van der Waals surface area (Å²) in [6.45, 7) is -1.08. The number of hydrogen-bond acceptors (Lipinski definition) is 6. The van der Waals surface area contributed by atoms with Crippen molar-refractivity contribution in [1.82, 2.24) is 0 Å². The fourth-order valence-corrected chi connectivity index (χ4v) is 2.33. The van der Waals surface area contributed by atoms with E-state index in [1.165, 1.54) is 24.3 Å². The highest BCUT2D eigenvalue weighted by Gasteiger charge is 2.62. The smallest absolute Gasteiger partial charge is 0.294 e. The summed E-state index contributed by atoms with van der Waals surface area (Å²) in [7, 11) is 0. The molecule has 8 heteroatoms. The highest BCUT2D eigenvalue weighted by atomic mass is 19.3. The molecule has 0 amide bonds. The standard InChI is InChI=1S/C13H16F2O6/c14-13(15)8(5-16)9(18)10(19)11(20)12(13)21-7-3-1-6(17)2-4-7/h1-4,8-12,16-20H,5H2/t8-,9-,10+,11-,12-/m1/s1. The molecule has 6 nitrogen and oxygen atoms in total. The molecule has 5 atom stereocenters. The number of benzene rings is 1. The first kappa shape index (κ1) is 15.9. The van der Waals surface area contributed by atoms with E-state index < -0.39 is 42.9 Å². The van der Waals surface area contributed by atoms with E-state index in [1.54, 1.807) is 0 Å². The molecular weight excluding hydrogens is 290 g/mol. The molecule has 0 unspecified atom stereocenters. The Labute approximate surface area is 118 Å². The topological polar surface area (TPSA) is 110 Å². The summed E-state index contributed by atoms with van der Waals surface area (Å²) in [6, 6.07) is 4.84. The van der Waals surface area contributed by atoms with E-state index >= 15 is 0 Å². The number of alkyl halides is 2. The fourth-order valence-electron chi connectivity index (χ4n) is 2.33. The Morgan fingerprint density at radius 3 is 2.10 bits per heavy atom. The van der Waals surface area contributed by atoms with Gasteiger partial charge in [0, 0.05) is 0 Å². The van der Waals surface area contributed by atoms with Crippen molar-refractivity contribution in [2.45, 2.75) is 30.3 Å². The zero-order valence-electron chi connectivity index (χ0n) is 10.8. The van der Waals surface area contributed by atoms with E-state index in [-0.39, 0.29) is 11.5 Å². The number of hydrogen-bond donors (Lipinski definition) is 5. The Morgan fingerprint density at radius 2 is 1.57 bits per heavy atom. The third-order valence-electron chi connectivity index (χ3n) is 3.59. The Hall–Kier alpha value is -1.48. The van der Waals surface area contributed by atoms with Gasteiger partial charge in [0.15, 0.2) is 6.10 Å². The average Bonchev–Trinajstić information content (AvgIpc) is 2.44. The molecule has 0 radical (unpaired) electrons. The zero-order valence-corrected chi connectivity index (χ0v) is 10.8. The van der Waals surface area contributed by atoms with Crippen LogP contribution in [0.5, 0.6) is 11.5 Å². The van der Waals surface area contributed by atoms with Crippen LogP contribution in [0.25, 0.3) is 0 Å². The summed E-state index contributed by atoms with van der Waals surface area (Å²) in [5.41, 5.74) is 0. The van der Waals surface area contributed by atoms with Crippen LogP contribution in [0.15, 0.2) is 24.3 Å². The lowest BCUT2D eigenvalue weighted by molar-refractivity contribution is -0.266. The Morgan fingerprint density at radius 1 is 1.00 bits per heavy atom. The molecule has 0 spiro atoms. The van der Waals surface area contributed by atoms with Crippen LogP contribution in [-0.4, -0.2) is 62.5 Å². The van der Waals surface area contributed by atoms with Gasteiger partial charge >= 0.3 is 0 Å². The summed E-state index contributed by atoms with van der Waals surface area (Å²) in [5.74, 6) is -5.87. The van der Waals surface area contributed by atoms with Gasteiger partial charge in [-0.15, -0.1) is 0 Å². The van der Waals surface area contributed by atoms with Crippen molar-refractivity contribution >= 4 is 0 Å². The maximum Gasteiger partial charge on any atom is 0.294 e. The molecule has 118 valence electrons. The van der Waals surface area contributed by atoms with Crippen molar-refractivity contribution in [3.8, 4) is 11.5 Å². The highest BCUT2D eigenvalue weighted by Crippen LogP contribution is 2.41. The first-order valence-corrected chi connectivity index (χ1v) is 6.27. The molecule has 1 aliphatic rings. The molecular formula is C13H16F2O6. The molecule has 5 N–H and O–H groups in total. The first-order valence-electron chi connectivity index (χ1n) is 6.27. The second-order valence-electron chi connectivity index (χ2n) is 4.97. The molecule has 1 aliphatic carbocycles. The molecule has 1 aromatic rings. The van der Waals surface area contributed by atoms with Gasteiger partial charge in [-0.05, 0) is 24.3 Å². The lowest BCUT2D eigenvalue weighted by atomic mass is 9.78. The second-order valence-corrected chi connectivity index (χ2v) is 4.97. The maximum atomic E-state index is 14.2. The number of aliphatic hydroxyl groups excluding tert-OH is 4. The van der Waals surface area contributed by atoms with Gasteiger partial charge in [0.25, 0.3) is 5.92 Å². The van der Waals surface area contributed by atoms with Crippen molar-refractivity contribution in [3.05, 3.63) is 24.3 Å². The Bertz CT molecular complexity index is 480. The monoisotopic (exact) mass is 306 g/mol. The minimum Gasteiger partial charge on any atom is -0.508 e. The van der Waals surface area contributed by atoms with E-state index in [4.69, 9.17) is 14.9 Å². The Balaban J connectivity index is 2.28. The lowest BCUT2D eigenvalue weighted by Crippen LogP contribution is -2.67. The van der Waals surface area contributed by atoms with Crippen LogP contribution in [0.1, 0.15) is 0 Å². The lowest BCUT2D eigenvalue weighted by Gasteiger charge is -2.45. The molecule has 0 heterocycles. The third kappa shape index (κ3) is 2.80. The summed E-state index contributed by atoms with van der Waals surface area (Å²) in [5, 5.41) is 47.0. The molecule has 2 rings (SSSR count). The zero-order chi connectivity index (χ0) is 15.8. The van der Waals surface area contributed by atoms with Gasteiger partial charge < -0.3 is 30.3 Å². The van der Waals surface area contributed by atoms with Crippen LogP contribution < -0.4 is 4.74 Å². The van der Waals surface area contributed by atoms with Gasteiger partial charge in [-0.2, -0.15) is 0 Å². The van der Waals surface area contributed by atoms with Gasteiger partial charge in [0.2, 0.25) is 0 Å². The summed E-state index contributed by atoms with van der Waals surface area (Å²) in [4.78, 5) is 0. The minimum absolute atomic E-state index is 0.0585. The predicted octanol–water partition coefficient (Wildman–Crippen LogP) is -0.520. The van der Waals surface area contributed by atoms with Crippen LogP contribution in [0.3, 0.4) is 0 Å². The van der Waals surface area contributed by atoms with Crippen LogP contribution >= 0.6 is 0 Å². The summed E-state index contributed by atoms with van der Waals surface area (Å²) in [6.07, 6.45) is -8.02. The van der Waals surface area contributed by atoms with E-state index in [1.807, 2.05) is 0 Å². The van der Waals surface area contributed by atoms with Crippen molar-refractivity contribution in [2.75, 3.05) is 6.61 Å². The van der Waals surface area contributed by atoms with Crippen LogP contribution in [0.4, 0.5) is 8.78 Å². The molecule has 21 heavy (non-hydrogen) atoms. The van der Waals surface area contributed by atoms with Gasteiger partial charge in [-0.25, -0.2) is 8.78 Å². The number of aliphatic hydroxyl groups is 4. The normalized spacial score (nSPS) is 35.4. The number of phenols is 1. The van der Waals surface area contributed by atoms with Gasteiger partial charge in [0.1, 0.15) is 23.7 Å². The number of aromatic hydroxyl groups is 1. The summed E-state index contributed by atoms with van der Waals surface area (Å²) >= 11 is 0. The first-order chi connectivity index (χ1) is 9.78. The van der Waals surface area contributed by atoms with Crippen molar-refractivity contribution < 1.29 is 39.1 Å². The fraction of sp³-hybridized carbons (Fsp3) is 0.538. The molecule has 0 aliphatic heterocycles. The van der Waals surface area contributed by atoms with Gasteiger partial charge in [0.05, 0.1) is 18.6 Å². The van der Waals surface area contributed by atoms with Crippen LogP contribution in [0, 0.1) is 5.92 Å². The van der Waals surface area contributed by atoms with Crippen molar-refractivity contribution in [1.29, 1.82) is 0 Å². The van der Waals surface area contributed by atoms with E-state index in [2.05, 4.69) is 0 Å². The van der Waals surface area contributed by atoms with Crippen molar-refractivity contribution in [2.24, 2.45) is 5.92 Å². The number of rotatable bonds is 3. The van der Waals surface area contributed by atoms with E-state index in [0.29, 0.717) is 0 Å². The second kappa shape index (κ2) is 5.72. The van der Waals surface area contributed by atoms with Crippen LogP contribution in [-0.2, 0) is 0 Å². The highest BCUT2D eigenvalue weighted by molar-refractivity contribution is 5.30. The Kier molecular flexibility index (Phi) is 4.33. The third-order valence-corrected chi connectivity index (χ3v) is 3.59. The molecule has 1 saturated carbocycles. The number of phenolic OH excluding ortho intramolecular Hbond substituents is 1. The van der Waals surface area contributed by atoms with E-state index in [0.717, 1.165) is 0 Å². The molecule has 0 aromatic heterocycles. The number of halogens is 2. The largest absolute Gasteiger partial charge is 0.508 e. The van der Waals surface area contributed by atoms with Crippen LogP contribution in [0.2, 0.25) is 0 Å². The quantitative estimate of drug-likeness (QED) is 0.514. The van der Waals surface area contributed by atoms with Gasteiger partial charge in [-0.3, -0.25) is 0 Å². The maximum absolute atomic E-state index is 14.2. The molecule has 0 saturated heterocycles. The van der Waals surface area contributed by atoms with Gasteiger partial charge in [-0.1, -0.05) is 0 Å².